The standard InChI is InChI=1S/C23H36N2O7S2/c1-7-30-19(27)23(25-14(3)26,20(28)31-8-2)16-12-15(18-33-10-9-11-34-18)13-17(16)24-21(29)32-22(4,5)6/h16-17H,7-13H2,1-6H3,(H,24,29)(H,25,26). The van der Waals surface area contributed by atoms with Gasteiger partial charge in [0.2, 0.25) is 11.4 Å². The van der Waals surface area contributed by atoms with Crippen LogP contribution in [0.15, 0.2) is 9.81 Å². The second kappa shape index (κ2) is 12.2. The molecule has 2 atom stereocenters. The van der Waals surface area contributed by atoms with E-state index in [2.05, 4.69) is 10.6 Å². The number of rotatable bonds is 7. The van der Waals surface area contributed by atoms with Crippen LogP contribution in [0.25, 0.3) is 0 Å². The second-order valence-electron chi connectivity index (χ2n) is 9.14. The molecule has 1 aliphatic heterocycles. The van der Waals surface area contributed by atoms with Crippen LogP contribution in [0.4, 0.5) is 4.79 Å². The molecule has 34 heavy (non-hydrogen) atoms. The quantitative estimate of drug-likeness (QED) is 0.298. The Morgan fingerprint density at radius 2 is 1.53 bits per heavy atom. The highest BCUT2D eigenvalue weighted by Crippen LogP contribution is 2.47. The minimum absolute atomic E-state index is 0.0100. The summed E-state index contributed by atoms with van der Waals surface area (Å²) < 4.78 is 17.1. The molecule has 0 spiro atoms. The molecule has 0 aromatic heterocycles. The summed E-state index contributed by atoms with van der Waals surface area (Å²) in [6.07, 6.45) is 1.16. The first-order valence-electron chi connectivity index (χ1n) is 11.5. The largest absolute Gasteiger partial charge is 0.464 e. The fourth-order valence-electron chi connectivity index (χ4n) is 4.11. The average molecular weight is 517 g/mol. The van der Waals surface area contributed by atoms with Crippen molar-refractivity contribution in [1.82, 2.24) is 10.6 Å². The van der Waals surface area contributed by atoms with Gasteiger partial charge in [0, 0.05) is 23.1 Å². The Morgan fingerprint density at radius 3 is 2.00 bits per heavy atom. The topological polar surface area (TPSA) is 120 Å². The third-order valence-corrected chi connectivity index (χ3v) is 8.08. The molecule has 2 rings (SSSR count). The summed E-state index contributed by atoms with van der Waals surface area (Å²) in [6, 6.07) is -0.666. The first-order chi connectivity index (χ1) is 15.9. The van der Waals surface area contributed by atoms with Gasteiger partial charge in [0.15, 0.2) is 0 Å². The molecule has 2 amide bonds. The number of alkyl carbamates (subject to hydrolysis) is 1. The molecule has 0 bridgehead atoms. The number of carbonyl (C=O) groups excluding carboxylic acids is 4. The van der Waals surface area contributed by atoms with Crippen LogP contribution in [-0.4, -0.2) is 65.8 Å². The van der Waals surface area contributed by atoms with E-state index in [1.807, 2.05) is 0 Å². The van der Waals surface area contributed by atoms with Gasteiger partial charge in [-0.05, 0) is 71.0 Å². The lowest BCUT2D eigenvalue weighted by Crippen LogP contribution is -2.68. The maximum absolute atomic E-state index is 13.3. The summed E-state index contributed by atoms with van der Waals surface area (Å²) in [5.74, 6) is -1.26. The van der Waals surface area contributed by atoms with Gasteiger partial charge in [0.05, 0.1) is 13.2 Å². The molecule has 1 saturated carbocycles. The van der Waals surface area contributed by atoms with Gasteiger partial charge < -0.3 is 24.8 Å². The van der Waals surface area contributed by atoms with E-state index in [1.54, 1.807) is 58.1 Å². The van der Waals surface area contributed by atoms with Crippen LogP contribution in [-0.2, 0) is 28.6 Å². The first-order valence-corrected chi connectivity index (χ1v) is 13.5. The maximum Gasteiger partial charge on any atom is 0.407 e. The molecule has 9 nitrogen and oxygen atoms in total. The predicted molar refractivity (Wildman–Crippen MR) is 132 cm³/mol. The number of esters is 2. The summed E-state index contributed by atoms with van der Waals surface area (Å²) >= 11 is 3.47. The van der Waals surface area contributed by atoms with Crippen LogP contribution in [0.3, 0.4) is 0 Å². The van der Waals surface area contributed by atoms with Crippen molar-refractivity contribution in [3.05, 3.63) is 9.81 Å². The van der Waals surface area contributed by atoms with Crippen molar-refractivity contribution in [2.75, 3.05) is 24.7 Å². The molecule has 0 aromatic rings. The molecule has 1 saturated heterocycles. The maximum atomic E-state index is 13.3. The monoisotopic (exact) mass is 516 g/mol. The van der Waals surface area contributed by atoms with Crippen molar-refractivity contribution >= 4 is 47.5 Å². The molecule has 11 heteroatoms. The summed E-state index contributed by atoms with van der Waals surface area (Å²) in [5, 5.41) is 5.41. The SMILES string of the molecule is CCOC(=O)C(NC(C)=O)(C(=O)OCC)C1CC(=C2SCCCS2)CC1NC(=O)OC(C)(C)C. The van der Waals surface area contributed by atoms with Crippen LogP contribution in [0.5, 0.6) is 0 Å². The van der Waals surface area contributed by atoms with Crippen molar-refractivity contribution in [3.8, 4) is 0 Å². The summed E-state index contributed by atoms with van der Waals surface area (Å²) in [7, 11) is 0. The normalized spacial score (nSPS) is 21.0. The molecule has 2 unspecified atom stereocenters. The Bertz CT molecular complexity index is 797. The highest BCUT2D eigenvalue weighted by Gasteiger charge is 2.60. The Hall–Kier alpha value is -1.88. The number of thioether (sulfide) groups is 2. The van der Waals surface area contributed by atoms with Crippen molar-refractivity contribution < 1.29 is 33.4 Å². The van der Waals surface area contributed by atoms with Gasteiger partial charge >= 0.3 is 18.0 Å². The van der Waals surface area contributed by atoms with Gasteiger partial charge in [-0.15, -0.1) is 23.5 Å². The van der Waals surface area contributed by atoms with E-state index in [0.29, 0.717) is 12.8 Å². The summed E-state index contributed by atoms with van der Waals surface area (Å²) in [5.41, 5.74) is -1.81. The van der Waals surface area contributed by atoms with Gasteiger partial charge in [-0.3, -0.25) is 4.79 Å². The zero-order valence-corrected chi connectivity index (χ0v) is 22.4. The van der Waals surface area contributed by atoms with Crippen molar-refractivity contribution in [1.29, 1.82) is 0 Å². The van der Waals surface area contributed by atoms with E-state index in [-0.39, 0.29) is 13.2 Å². The van der Waals surface area contributed by atoms with Gasteiger partial charge in [-0.25, -0.2) is 14.4 Å². The van der Waals surface area contributed by atoms with Crippen LogP contribution in [0.2, 0.25) is 0 Å². The molecule has 0 radical (unpaired) electrons. The summed E-state index contributed by atoms with van der Waals surface area (Å²) in [6.45, 7) is 9.74. The van der Waals surface area contributed by atoms with Gasteiger partial charge in [-0.2, -0.15) is 0 Å². The first kappa shape index (κ1) is 28.4. The lowest BCUT2D eigenvalue weighted by Gasteiger charge is -2.37. The summed E-state index contributed by atoms with van der Waals surface area (Å²) in [4.78, 5) is 51.7. The number of hydrogen-bond donors (Lipinski definition) is 2. The van der Waals surface area contributed by atoms with Gasteiger partial charge in [0.25, 0.3) is 0 Å². The fourth-order valence-corrected chi connectivity index (χ4v) is 6.82. The van der Waals surface area contributed by atoms with Crippen molar-refractivity contribution in [2.45, 2.75) is 78.0 Å². The molecule has 1 heterocycles. The highest BCUT2D eigenvalue weighted by atomic mass is 32.2. The van der Waals surface area contributed by atoms with Gasteiger partial charge in [-0.1, -0.05) is 0 Å². The predicted octanol–water partition coefficient (Wildman–Crippen LogP) is 3.37. The van der Waals surface area contributed by atoms with Crippen LogP contribution in [0, 0.1) is 5.92 Å². The smallest absolute Gasteiger partial charge is 0.407 e. The van der Waals surface area contributed by atoms with E-state index in [0.717, 1.165) is 27.7 Å². The number of carbonyl (C=O) groups is 4. The Kier molecular flexibility index (Phi) is 10.2. The molecular weight excluding hydrogens is 480 g/mol. The number of amides is 2. The lowest BCUT2D eigenvalue weighted by atomic mass is 9.79. The third-order valence-electron chi connectivity index (χ3n) is 5.29. The third kappa shape index (κ3) is 7.07. The van der Waals surface area contributed by atoms with E-state index in [1.165, 1.54) is 6.92 Å². The molecule has 2 N–H and O–H groups in total. The van der Waals surface area contributed by atoms with Gasteiger partial charge in [0.1, 0.15) is 5.60 Å². The molecule has 2 fully saturated rings. The highest BCUT2D eigenvalue weighted by molar-refractivity contribution is 8.22. The molecule has 0 aromatic carbocycles. The average Bonchev–Trinajstić information content (AvgIpc) is 3.15. The molecular formula is C23H36N2O7S2. The number of hydrogen-bond acceptors (Lipinski definition) is 9. The Morgan fingerprint density at radius 1 is 0.971 bits per heavy atom. The lowest BCUT2D eigenvalue weighted by molar-refractivity contribution is -0.172. The minimum atomic E-state index is -2.11. The second-order valence-corrected chi connectivity index (χ2v) is 11.6. The molecule has 2 aliphatic rings. The minimum Gasteiger partial charge on any atom is -0.464 e. The zero-order chi connectivity index (χ0) is 25.5. The molecule has 192 valence electrons. The van der Waals surface area contributed by atoms with Crippen molar-refractivity contribution in [2.24, 2.45) is 5.92 Å². The zero-order valence-electron chi connectivity index (χ0n) is 20.8. The van der Waals surface area contributed by atoms with Crippen LogP contribution >= 0.6 is 23.5 Å². The number of ether oxygens (including phenoxy) is 3. The van der Waals surface area contributed by atoms with Crippen LogP contribution in [0.1, 0.15) is 60.8 Å². The van der Waals surface area contributed by atoms with Crippen LogP contribution < -0.4 is 10.6 Å². The van der Waals surface area contributed by atoms with E-state index < -0.39 is 47.0 Å². The Labute approximate surface area is 209 Å². The fraction of sp³-hybridized carbons (Fsp3) is 0.739. The molecule has 1 aliphatic carbocycles. The van der Waals surface area contributed by atoms with E-state index in [9.17, 15) is 19.2 Å². The number of nitrogens with one attached hydrogen (secondary N) is 2. The Balaban J connectivity index is 2.57. The van der Waals surface area contributed by atoms with E-state index in [4.69, 9.17) is 14.2 Å². The van der Waals surface area contributed by atoms with E-state index >= 15 is 0 Å². The van der Waals surface area contributed by atoms with Crippen molar-refractivity contribution in [3.63, 3.8) is 0 Å².